The topological polar surface area (TPSA) is 49.1 Å². The summed E-state index contributed by atoms with van der Waals surface area (Å²) in [7, 11) is 1.71. The monoisotopic (exact) mass is 329 g/mol. The number of aryl methyl sites for hydroxylation is 1. The molecule has 0 bridgehead atoms. The summed E-state index contributed by atoms with van der Waals surface area (Å²) < 4.78 is 8.81. The molecule has 0 amide bonds. The number of para-hydroxylation sites is 1. The Labute approximate surface area is 138 Å². The molecule has 0 spiro atoms. The van der Waals surface area contributed by atoms with Crippen molar-refractivity contribution in [2.24, 2.45) is 7.05 Å². The molecule has 2 heterocycles. The molecule has 0 aliphatic rings. The van der Waals surface area contributed by atoms with Gasteiger partial charge in [-0.2, -0.15) is 5.10 Å². The van der Waals surface area contributed by atoms with Gasteiger partial charge in [0.2, 0.25) is 0 Å². The van der Waals surface area contributed by atoms with Crippen LogP contribution < -0.4 is 10.3 Å². The molecule has 2 aromatic heterocycles. The molecule has 3 rings (SSSR count). The number of rotatable bonds is 4. The second-order valence-electron chi connectivity index (χ2n) is 5.06. The lowest BCUT2D eigenvalue weighted by atomic mass is 10.1. The SMILES string of the molecule is CCOc1cc(=O)n(C)cc1-c1cnn(-c2ccccc2Cl)c1. The van der Waals surface area contributed by atoms with Crippen LogP contribution in [0.5, 0.6) is 5.75 Å². The summed E-state index contributed by atoms with van der Waals surface area (Å²) in [6, 6.07) is 8.97. The van der Waals surface area contributed by atoms with Gasteiger partial charge in [0.15, 0.2) is 0 Å². The third-order valence-corrected chi connectivity index (χ3v) is 3.80. The molecule has 0 unspecified atom stereocenters. The molecule has 0 N–H and O–H groups in total. The first-order valence-electron chi connectivity index (χ1n) is 7.23. The van der Waals surface area contributed by atoms with Gasteiger partial charge in [0.05, 0.1) is 23.5 Å². The van der Waals surface area contributed by atoms with E-state index < -0.39 is 0 Å². The number of nitrogens with zero attached hydrogens (tertiary/aromatic N) is 3. The highest BCUT2D eigenvalue weighted by Gasteiger charge is 2.12. The third-order valence-electron chi connectivity index (χ3n) is 3.48. The molecule has 0 saturated carbocycles. The first-order chi connectivity index (χ1) is 11.1. The van der Waals surface area contributed by atoms with Gasteiger partial charge in [-0.25, -0.2) is 4.68 Å². The minimum atomic E-state index is -0.115. The van der Waals surface area contributed by atoms with E-state index >= 15 is 0 Å². The lowest BCUT2D eigenvalue weighted by Gasteiger charge is -2.10. The zero-order valence-electron chi connectivity index (χ0n) is 12.9. The van der Waals surface area contributed by atoms with Gasteiger partial charge in [-0.05, 0) is 19.1 Å². The molecule has 1 aromatic carbocycles. The Bertz CT molecular complexity index is 899. The predicted molar refractivity (Wildman–Crippen MR) is 90.4 cm³/mol. The Balaban J connectivity index is 2.09. The zero-order valence-corrected chi connectivity index (χ0v) is 13.6. The first kappa shape index (κ1) is 15.4. The van der Waals surface area contributed by atoms with E-state index in [0.717, 1.165) is 16.8 Å². The van der Waals surface area contributed by atoms with Crippen LogP contribution in [-0.2, 0) is 7.05 Å². The van der Waals surface area contributed by atoms with E-state index in [4.69, 9.17) is 16.3 Å². The van der Waals surface area contributed by atoms with Crippen LogP contribution in [-0.4, -0.2) is 21.0 Å². The summed E-state index contributed by atoms with van der Waals surface area (Å²) in [5, 5.41) is 4.98. The summed E-state index contributed by atoms with van der Waals surface area (Å²) in [6.45, 7) is 2.37. The van der Waals surface area contributed by atoms with Gasteiger partial charge in [0.1, 0.15) is 5.75 Å². The van der Waals surface area contributed by atoms with Crippen molar-refractivity contribution in [3.63, 3.8) is 0 Å². The molecule has 0 radical (unpaired) electrons. The standard InChI is InChI=1S/C17H16ClN3O2/c1-3-23-16-8-17(22)20(2)11-13(16)12-9-19-21(10-12)15-7-5-4-6-14(15)18/h4-11H,3H2,1-2H3. The maximum atomic E-state index is 11.8. The second-order valence-corrected chi connectivity index (χ2v) is 5.47. The molecule has 0 aliphatic carbocycles. The Hall–Kier alpha value is -2.53. The highest BCUT2D eigenvalue weighted by atomic mass is 35.5. The summed E-state index contributed by atoms with van der Waals surface area (Å²) in [5.74, 6) is 0.550. The highest BCUT2D eigenvalue weighted by Crippen LogP contribution is 2.29. The van der Waals surface area contributed by atoms with Crippen molar-refractivity contribution in [2.75, 3.05) is 6.61 Å². The van der Waals surface area contributed by atoms with Crippen LogP contribution >= 0.6 is 11.6 Å². The Morgan fingerprint density at radius 3 is 2.78 bits per heavy atom. The van der Waals surface area contributed by atoms with Gasteiger partial charge in [-0.3, -0.25) is 4.79 Å². The van der Waals surface area contributed by atoms with Crippen molar-refractivity contribution >= 4 is 11.6 Å². The van der Waals surface area contributed by atoms with E-state index in [1.807, 2.05) is 37.4 Å². The molecular weight excluding hydrogens is 314 g/mol. The average molecular weight is 330 g/mol. The van der Waals surface area contributed by atoms with Crippen molar-refractivity contribution in [3.8, 4) is 22.6 Å². The van der Waals surface area contributed by atoms with Gasteiger partial charge in [0, 0.05) is 36.6 Å². The minimum Gasteiger partial charge on any atom is -0.493 e. The van der Waals surface area contributed by atoms with Crippen molar-refractivity contribution in [2.45, 2.75) is 6.92 Å². The number of hydrogen-bond acceptors (Lipinski definition) is 3. The highest BCUT2D eigenvalue weighted by molar-refractivity contribution is 6.32. The maximum absolute atomic E-state index is 11.8. The van der Waals surface area contributed by atoms with E-state index in [2.05, 4.69) is 5.10 Å². The molecule has 6 heteroatoms. The van der Waals surface area contributed by atoms with Crippen LogP contribution in [0.2, 0.25) is 5.02 Å². The van der Waals surface area contributed by atoms with Gasteiger partial charge in [0.25, 0.3) is 5.56 Å². The zero-order chi connectivity index (χ0) is 16.4. The fourth-order valence-electron chi connectivity index (χ4n) is 2.34. The normalized spacial score (nSPS) is 10.7. The molecular formula is C17H16ClN3O2. The predicted octanol–water partition coefficient (Wildman–Crippen LogP) is 3.29. The van der Waals surface area contributed by atoms with Crippen LogP contribution in [0.3, 0.4) is 0 Å². The van der Waals surface area contributed by atoms with E-state index in [9.17, 15) is 4.79 Å². The smallest absolute Gasteiger partial charge is 0.254 e. The molecule has 5 nitrogen and oxygen atoms in total. The van der Waals surface area contributed by atoms with Gasteiger partial charge < -0.3 is 9.30 Å². The van der Waals surface area contributed by atoms with Gasteiger partial charge in [-0.1, -0.05) is 23.7 Å². The number of ether oxygens (including phenoxy) is 1. The van der Waals surface area contributed by atoms with Crippen LogP contribution in [0.25, 0.3) is 16.8 Å². The average Bonchev–Trinajstić information content (AvgIpc) is 3.01. The van der Waals surface area contributed by atoms with E-state index in [1.165, 1.54) is 10.6 Å². The van der Waals surface area contributed by atoms with Crippen molar-refractivity contribution in [1.29, 1.82) is 0 Å². The lowest BCUT2D eigenvalue weighted by molar-refractivity contribution is 0.340. The summed E-state index contributed by atoms with van der Waals surface area (Å²) >= 11 is 6.21. The van der Waals surface area contributed by atoms with E-state index in [-0.39, 0.29) is 5.56 Å². The number of aromatic nitrogens is 3. The molecule has 3 aromatic rings. The van der Waals surface area contributed by atoms with Crippen molar-refractivity contribution in [3.05, 3.63) is 64.3 Å². The molecule has 0 atom stereocenters. The van der Waals surface area contributed by atoms with Crippen LogP contribution in [0.4, 0.5) is 0 Å². The van der Waals surface area contributed by atoms with Crippen LogP contribution in [0, 0.1) is 0 Å². The van der Waals surface area contributed by atoms with Crippen LogP contribution in [0.1, 0.15) is 6.92 Å². The largest absolute Gasteiger partial charge is 0.493 e. The third kappa shape index (κ3) is 3.00. The Morgan fingerprint density at radius 1 is 1.26 bits per heavy atom. The van der Waals surface area contributed by atoms with E-state index in [1.54, 1.807) is 24.1 Å². The molecule has 0 fully saturated rings. The van der Waals surface area contributed by atoms with Crippen LogP contribution in [0.15, 0.2) is 53.7 Å². The fourth-order valence-corrected chi connectivity index (χ4v) is 2.56. The summed E-state index contributed by atoms with van der Waals surface area (Å²) in [5.41, 5.74) is 2.34. The van der Waals surface area contributed by atoms with Crippen molar-refractivity contribution in [1.82, 2.24) is 14.3 Å². The van der Waals surface area contributed by atoms with E-state index in [0.29, 0.717) is 17.4 Å². The fraction of sp³-hybridized carbons (Fsp3) is 0.176. The summed E-state index contributed by atoms with van der Waals surface area (Å²) in [6.07, 6.45) is 5.34. The van der Waals surface area contributed by atoms with Crippen molar-refractivity contribution < 1.29 is 4.74 Å². The number of halogens is 1. The number of pyridine rings is 1. The molecule has 0 aliphatic heterocycles. The quantitative estimate of drug-likeness (QED) is 0.738. The van der Waals surface area contributed by atoms with Gasteiger partial charge >= 0.3 is 0 Å². The second kappa shape index (κ2) is 6.30. The molecule has 118 valence electrons. The molecule has 23 heavy (non-hydrogen) atoms. The minimum absolute atomic E-state index is 0.115. The summed E-state index contributed by atoms with van der Waals surface area (Å²) in [4.78, 5) is 11.8. The first-order valence-corrected chi connectivity index (χ1v) is 7.61. The Kier molecular flexibility index (Phi) is 4.21. The lowest BCUT2D eigenvalue weighted by Crippen LogP contribution is -2.15. The Morgan fingerprint density at radius 2 is 2.04 bits per heavy atom. The van der Waals surface area contributed by atoms with Gasteiger partial charge in [-0.15, -0.1) is 0 Å². The maximum Gasteiger partial charge on any atom is 0.254 e. The number of hydrogen-bond donors (Lipinski definition) is 0. The number of benzene rings is 1. The molecule has 0 saturated heterocycles.